The van der Waals surface area contributed by atoms with Crippen LogP contribution in [-0.4, -0.2) is 76.4 Å². The van der Waals surface area contributed by atoms with E-state index < -0.39 is 10.0 Å². The van der Waals surface area contributed by atoms with Gasteiger partial charge in [0.25, 0.3) is 15.9 Å². The third-order valence-electron chi connectivity index (χ3n) is 7.10. The Morgan fingerprint density at radius 2 is 1.68 bits per heavy atom. The summed E-state index contributed by atoms with van der Waals surface area (Å²) < 4.78 is 28.7. The summed E-state index contributed by atoms with van der Waals surface area (Å²) in [7, 11) is -1.94. The Hall–Kier alpha value is -4.02. The molecule has 1 fully saturated rings. The van der Waals surface area contributed by atoms with Crippen LogP contribution in [0.25, 0.3) is 22.2 Å². The molecule has 194 valence electrons. The van der Waals surface area contributed by atoms with Crippen LogP contribution in [0.15, 0.2) is 90.0 Å². The Morgan fingerprint density at radius 1 is 0.921 bits per heavy atom. The Morgan fingerprint density at radius 3 is 2.47 bits per heavy atom. The van der Waals surface area contributed by atoms with Gasteiger partial charge in [-0.3, -0.25) is 9.78 Å². The normalized spacial score (nSPS) is 18.2. The second-order valence-corrected chi connectivity index (χ2v) is 11.3. The summed E-state index contributed by atoms with van der Waals surface area (Å²) in [6, 6.07) is 9.15. The van der Waals surface area contributed by atoms with E-state index in [1.807, 2.05) is 53.5 Å². The lowest BCUT2D eigenvalue weighted by molar-refractivity contribution is 0.0664. The van der Waals surface area contributed by atoms with Gasteiger partial charge < -0.3 is 14.7 Å². The summed E-state index contributed by atoms with van der Waals surface area (Å²) >= 11 is 0. The van der Waals surface area contributed by atoms with Gasteiger partial charge in [0.05, 0.1) is 6.20 Å². The summed E-state index contributed by atoms with van der Waals surface area (Å²) in [6.07, 6.45) is 15.6. The molecular weight excluding hydrogens is 500 g/mol. The number of pyridine rings is 1. The number of piperazine rings is 1. The summed E-state index contributed by atoms with van der Waals surface area (Å²) in [4.78, 5) is 23.2. The number of nitrogens with zero attached hydrogens (tertiary/aromatic N) is 6. The van der Waals surface area contributed by atoms with Gasteiger partial charge in [-0.25, -0.2) is 0 Å². The predicted octanol–water partition coefficient (Wildman–Crippen LogP) is 3.57. The zero-order chi connectivity index (χ0) is 26.3. The predicted molar refractivity (Wildman–Crippen MR) is 146 cm³/mol. The molecule has 1 saturated heterocycles. The molecule has 1 aromatic carbocycles. The molecule has 10 heteroatoms. The monoisotopic (exact) mass is 528 g/mol. The average molecular weight is 529 g/mol. The first-order valence-corrected chi connectivity index (χ1v) is 14.1. The number of carbonyl (C=O) groups is 1. The Balaban J connectivity index is 1.31. The number of amides is 1. The molecule has 38 heavy (non-hydrogen) atoms. The Kier molecular flexibility index (Phi) is 6.21. The zero-order valence-corrected chi connectivity index (χ0v) is 21.9. The number of benzene rings is 1. The number of fused-ring (bicyclic) bond motifs is 2. The van der Waals surface area contributed by atoms with Crippen molar-refractivity contribution in [1.82, 2.24) is 28.9 Å². The van der Waals surface area contributed by atoms with Crippen LogP contribution < -0.4 is 0 Å². The molecular formula is C28H28N6O3S. The molecule has 6 rings (SSSR count). The number of likely N-dealkylation sites (N-methyl/N-ethyl adjacent to an activating group) is 1. The van der Waals surface area contributed by atoms with E-state index in [9.17, 15) is 13.2 Å². The molecule has 0 spiro atoms. The first-order valence-electron chi connectivity index (χ1n) is 12.6. The largest absolute Gasteiger partial charge is 0.336 e. The second-order valence-electron chi connectivity index (χ2n) is 9.61. The van der Waals surface area contributed by atoms with Gasteiger partial charge in [0.2, 0.25) is 0 Å². The zero-order valence-electron chi connectivity index (χ0n) is 21.1. The van der Waals surface area contributed by atoms with E-state index in [0.717, 1.165) is 40.4 Å². The average Bonchev–Trinajstić information content (AvgIpc) is 3.25. The van der Waals surface area contributed by atoms with Crippen molar-refractivity contribution in [3.05, 3.63) is 95.6 Å². The maximum Gasteiger partial charge on any atom is 0.299 e. The second kappa shape index (κ2) is 9.70. The molecule has 1 amide bonds. The number of hydrogen-bond acceptors (Lipinski definition) is 7. The molecule has 9 nitrogen and oxygen atoms in total. The standard InChI is InChI=1S/C28H28N6O3S/c1-31-14-16-32(17-15-31)28(35)22-11-9-21(10-12-22)23-18-26-25(29-19-23)20-30-34(26)38(36,37)27-8-3-2-6-24-7-4-5-13-33(24)27/h4-13,18-20H,2-3,14-17H2,1H3. The molecule has 0 atom stereocenters. The molecule has 0 saturated carbocycles. The molecule has 0 unspecified atom stereocenters. The fourth-order valence-corrected chi connectivity index (χ4v) is 6.41. The summed E-state index contributed by atoms with van der Waals surface area (Å²) in [5, 5.41) is 4.39. The Labute approximate surface area is 221 Å². The van der Waals surface area contributed by atoms with E-state index in [1.165, 1.54) is 6.20 Å². The topological polar surface area (TPSA) is 91.6 Å². The number of hydrogen-bond donors (Lipinski definition) is 0. The molecule has 0 radical (unpaired) electrons. The number of allylic oxidation sites excluding steroid dienone is 5. The number of aromatic nitrogens is 3. The molecule has 3 aromatic rings. The summed E-state index contributed by atoms with van der Waals surface area (Å²) in [5.74, 6) is 0.0223. The molecule has 0 N–H and O–H groups in total. The van der Waals surface area contributed by atoms with E-state index in [-0.39, 0.29) is 10.9 Å². The van der Waals surface area contributed by atoms with Crippen molar-refractivity contribution in [2.45, 2.75) is 12.8 Å². The van der Waals surface area contributed by atoms with Gasteiger partial charge in [0, 0.05) is 55.4 Å². The van der Waals surface area contributed by atoms with E-state index in [2.05, 4.69) is 22.0 Å². The fourth-order valence-electron chi connectivity index (χ4n) is 4.91. The van der Waals surface area contributed by atoms with Gasteiger partial charge in [0.1, 0.15) is 11.0 Å². The number of rotatable bonds is 4. The summed E-state index contributed by atoms with van der Waals surface area (Å²) in [5.41, 5.74) is 3.91. The highest BCUT2D eigenvalue weighted by Gasteiger charge is 2.30. The molecule has 0 bridgehead atoms. The highest BCUT2D eigenvalue weighted by molar-refractivity contribution is 7.93. The third kappa shape index (κ3) is 4.35. The Bertz CT molecular complexity index is 1620. The van der Waals surface area contributed by atoms with Gasteiger partial charge in [0.15, 0.2) is 5.03 Å². The third-order valence-corrected chi connectivity index (χ3v) is 8.74. The van der Waals surface area contributed by atoms with Crippen molar-refractivity contribution >= 4 is 27.0 Å². The molecule has 0 aliphatic carbocycles. The minimum atomic E-state index is -4.00. The minimum absolute atomic E-state index is 0.0223. The van der Waals surface area contributed by atoms with E-state index in [1.54, 1.807) is 29.4 Å². The van der Waals surface area contributed by atoms with Gasteiger partial charge in [-0.1, -0.05) is 24.3 Å². The highest BCUT2D eigenvalue weighted by atomic mass is 32.2. The van der Waals surface area contributed by atoms with Crippen molar-refractivity contribution in [3.63, 3.8) is 0 Å². The molecule has 2 aromatic heterocycles. The van der Waals surface area contributed by atoms with E-state index >= 15 is 0 Å². The van der Waals surface area contributed by atoms with Crippen molar-refractivity contribution in [2.75, 3.05) is 33.2 Å². The van der Waals surface area contributed by atoms with Gasteiger partial charge in [-0.05, 0) is 61.9 Å². The van der Waals surface area contributed by atoms with Crippen LogP contribution in [0.3, 0.4) is 0 Å². The first-order chi connectivity index (χ1) is 18.4. The maximum absolute atomic E-state index is 13.8. The van der Waals surface area contributed by atoms with Gasteiger partial charge >= 0.3 is 0 Å². The quantitative estimate of drug-likeness (QED) is 0.511. The molecule has 3 aliphatic rings. The van der Waals surface area contributed by atoms with Gasteiger partial charge in [-0.15, -0.1) is 0 Å². The fraction of sp³-hybridized carbons (Fsp3) is 0.250. The summed E-state index contributed by atoms with van der Waals surface area (Å²) in [6.45, 7) is 3.16. The van der Waals surface area contributed by atoms with Crippen LogP contribution in [0.1, 0.15) is 23.2 Å². The van der Waals surface area contributed by atoms with Crippen molar-refractivity contribution < 1.29 is 13.2 Å². The molecule has 5 heterocycles. The van der Waals surface area contributed by atoms with Crippen molar-refractivity contribution in [3.8, 4) is 11.1 Å². The van der Waals surface area contributed by atoms with E-state index in [4.69, 9.17) is 0 Å². The SMILES string of the molecule is CN1CCN(C(=O)c2ccc(-c3cnc4cnn(S(=O)(=O)C5=CCCC=C6C=CC=CN65)c4c3)cc2)CC1. The lowest BCUT2D eigenvalue weighted by Crippen LogP contribution is -2.47. The smallest absolute Gasteiger partial charge is 0.299 e. The van der Waals surface area contributed by atoms with E-state index in [0.29, 0.717) is 36.1 Å². The van der Waals surface area contributed by atoms with Crippen LogP contribution in [-0.2, 0) is 10.0 Å². The maximum atomic E-state index is 13.8. The van der Waals surface area contributed by atoms with Gasteiger partial charge in [-0.2, -0.15) is 17.6 Å². The minimum Gasteiger partial charge on any atom is -0.336 e. The van der Waals surface area contributed by atoms with Crippen LogP contribution in [0.5, 0.6) is 0 Å². The van der Waals surface area contributed by atoms with Crippen molar-refractivity contribution in [2.24, 2.45) is 0 Å². The van der Waals surface area contributed by atoms with Crippen LogP contribution in [0.2, 0.25) is 0 Å². The van der Waals surface area contributed by atoms with Crippen LogP contribution in [0.4, 0.5) is 0 Å². The van der Waals surface area contributed by atoms with Crippen molar-refractivity contribution in [1.29, 1.82) is 0 Å². The lowest BCUT2D eigenvalue weighted by atomic mass is 10.0. The van der Waals surface area contributed by atoms with Crippen LogP contribution >= 0.6 is 0 Å². The lowest BCUT2D eigenvalue weighted by Gasteiger charge is -2.32. The molecule has 3 aliphatic heterocycles. The first kappa shape index (κ1) is 24.3. The van der Waals surface area contributed by atoms with Crippen LogP contribution in [0, 0.1) is 0 Å². The number of carbonyl (C=O) groups excluding carboxylic acids is 1. The highest BCUT2D eigenvalue weighted by Crippen LogP contribution is 2.30.